The lowest BCUT2D eigenvalue weighted by atomic mass is 9.91. The number of rotatable bonds is 11. The van der Waals surface area contributed by atoms with Gasteiger partial charge in [-0.15, -0.1) is 11.3 Å². The van der Waals surface area contributed by atoms with Gasteiger partial charge in [0.15, 0.2) is 0 Å². The Balaban J connectivity index is 1.77. The fourth-order valence-electron chi connectivity index (χ4n) is 4.01. The summed E-state index contributed by atoms with van der Waals surface area (Å²) in [5.74, 6) is -1.09. The largest absolute Gasteiger partial charge is 0.381 e. The van der Waals surface area contributed by atoms with Crippen molar-refractivity contribution in [2.45, 2.75) is 51.1 Å². The number of benzene rings is 1. The number of nitriles is 1. The van der Waals surface area contributed by atoms with Crippen LogP contribution in [0.3, 0.4) is 0 Å². The number of carbonyl (C=O) groups excluding carboxylic acids is 3. The van der Waals surface area contributed by atoms with E-state index in [-0.39, 0.29) is 36.3 Å². The second-order valence-corrected chi connectivity index (χ2v) is 10.2. The topological polar surface area (TPSA) is 133 Å². The van der Waals surface area contributed by atoms with Gasteiger partial charge in [0.1, 0.15) is 17.7 Å². The first kappa shape index (κ1) is 27.6. The zero-order chi connectivity index (χ0) is 26.1. The van der Waals surface area contributed by atoms with Gasteiger partial charge in [-0.25, -0.2) is 4.98 Å². The molecular weight excluding hydrogens is 502 g/mol. The molecule has 0 spiro atoms. The summed E-state index contributed by atoms with van der Waals surface area (Å²) in [6, 6.07) is 5.88. The number of nitrogens with zero attached hydrogens (tertiary/aromatic N) is 2. The van der Waals surface area contributed by atoms with E-state index in [9.17, 15) is 14.4 Å². The van der Waals surface area contributed by atoms with Crippen molar-refractivity contribution in [2.75, 3.05) is 19.8 Å². The molecule has 2 heterocycles. The highest BCUT2D eigenvalue weighted by molar-refractivity contribution is 7.18. The van der Waals surface area contributed by atoms with E-state index in [0.29, 0.717) is 48.9 Å². The number of fused-ring (bicyclic) bond motifs is 1. The Labute approximate surface area is 219 Å². The summed E-state index contributed by atoms with van der Waals surface area (Å²) >= 11 is 7.52. The molecule has 1 fully saturated rings. The number of hydrogen-bond acceptors (Lipinski definition) is 7. The monoisotopic (exact) mass is 531 g/mol. The second kappa shape index (κ2) is 13.3. The van der Waals surface area contributed by atoms with Crippen LogP contribution in [0.1, 0.15) is 37.6 Å². The molecule has 1 aromatic carbocycles. The minimum Gasteiger partial charge on any atom is -0.381 e. The van der Waals surface area contributed by atoms with Gasteiger partial charge >= 0.3 is 0 Å². The fraction of sp³-hybridized carbons (Fsp3) is 0.480. The van der Waals surface area contributed by atoms with Crippen molar-refractivity contribution in [1.82, 2.24) is 20.9 Å². The highest BCUT2D eigenvalue weighted by Gasteiger charge is 2.30. The zero-order valence-electron chi connectivity index (χ0n) is 20.1. The molecule has 192 valence electrons. The SMILES string of the molecule is C=C(C#N)C(=O)NC[C@@H](NC(=O)[C@H](Cc1nc2ccc(Cl)cc2s1)NC(=O)CCC)C1CCOCC1. The summed E-state index contributed by atoms with van der Waals surface area (Å²) in [6.45, 7) is 6.57. The summed E-state index contributed by atoms with van der Waals surface area (Å²) < 4.78 is 6.35. The van der Waals surface area contributed by atoms with Crippen LogP contribution in [0.15, 0.2) is 30.4 Å². The molecule has 3 amide bonds. The average molecular weight is 532 g/mol. The number of halogens is 1. The number of carbonyl (C=O) groups is 3. The van der Waals surface area contributed by atoms with Gasteiger partial charge in [-0.1, -0.05) is 25.1 Å². The predicted octanol–water partition coefficient (Wildman–Crippen LogP) is 2.88. The molecular formula is C25H30ClN5O4S. The maximum absolute atomic E-state index is 13.5. The van der Waals surface area contributed by atoms with Crippen molar-refractivity contribution >= 4 is 50.9 Å². The lowest BCUT2D eigenvalue weighted by molar-refractivity contribution is -0.130. The molecule has 1 aliphatic heterocycles. The summed E-state index contributed by atoms with van der Waals surface area (Å²) in [4.78, 5) is 42.6. The molecule has 1 aliphatic rings. The molecule has 0 bridgehead atoms. The number of nitrogens with one attached hydrogen (secondary N) is 3. The van der Waals surface area contributed by atoms with Crippen LogP contribution in [-0.4, -0.2) is 54.5 Å². The van der Waals surface area contributed by atoms with E-state index in [2.05, 4.69) is 27.5 Å². The first-order chi connectivity index (χ1) is 17.3. The summed E-state index contributed by atoms with van der Waals surface area (Å²) in [6.07, 6.45) is 2.60. The van der Waals surface area contributed by atoms with Crippen LogP contribution in [0.2, 0.25) is 5.02 Å². The van der Waals surface area contributed by atoms with Gasteiger partial charge in [-0.05, 0) is 43.4 Å². The van der Waals surface area contributed by atoms with E-state index in [1.807, 2.05) is 19.1 Å². The van der Waals surface area contributed by atoms with Gasteiger partial charge < -0.3 is 20.7 Å². The Bertz CT molecular complexity index is 1160. The summed E-state index contributed by atoms with van der Waals surface area (Å²) in [7, 11) is 0. The zero-order valence-corrected chi connectivity index (χ0v) is 21.7. The van der Waals surface area contributed by atoms with Crippen LogP contribution >= 0.6 is 22.9 Å². The first-order valence-corrected chi connectivity index (χ1v) is 13.1. The van der Waals surface area contributed by atoms with E-state index < -0.39 is 18.0 Å². The van der Waals surface area contributed by atoms with E-state index in [1.54, 1.807) is 12.1 Å². The molecule has 2 atom stereocenters. The third-order valence-electron chi connectivity index (χ3n) is 5.96. The van der Waals surface area contributed by atoms with E-state index in [1.165, 1.54) is 11.3 Å². The lowest BCUT2D eigenvalue weighted by Gasteiger charge is -2.32. The number of ether oxygens (including phenoxy) is 1. The second-order valence-electron chi connectivity index (χ2n) is 8.66. The van der Waals surface area contributed by atoms with Crippen molar-refractivity contribution in [3.8, 4) is 6.07 Å². The quantitative estimate of drug-likeness (QED) is 0.301. The molecule has 3 N–H and O–H groups in total. The normalized spacial score (nSPS) is 15.5. The maximum Gasteiger partial charge on any atom is 0.261 e. The number of amides is 3. The number of thiazole rings is 1. The smallest absolute Gasteiger partial charge is 0.261 e. The Kier molecular flexibility index (Phi) is 10.2. The van der Waals surface area contributed by atoms with E-state index >= 15 is 0 Å². The third-order valence-corrected chi connectivity index (χ3v) is 7.23. The van der Waals surface area contributed by atoms with Crippen molar-refractivity contribution < 1.29 is 19.1 Å². The van der Waals surface area contributed by atoms with Gasteiger partial charge in [0.25, 0.3) is 5.91 Å². The summed E-state index contributed by atoms with van der Waals surface area (Å²) in [5, 5.41) is 18.8. The fourth-order valence-corrected chi connectivity index (χ4v) is 5.30. The van der Waals surface area contributed by atoms with E-state index in [4.69, 9.17) is 21.6 Å². The Morgan fingerprint density at radius 2 is 2.06 bits per heavy atom. The van der Waals surface area contributed by atoms with Crippen molar-refractivity contribution in [1.29, 1.82) is 5.26 Å². The standard InChI is InChI=1S/C25H30ClN5O4S/c1-3-4-22(32)29-19(12-23-30-18-6-5-17(26)11-21(18)36-23)25(34)31-20(16-7-9-35-10-8-16)14-28-24(33)15(2)13-27/h5-6,11,16,19-20H,2-4,7-10,12,14H2,1H3,(H,28,33)(H,29,32)(H,31,34)/t19-,20+/m0/s1. The van der Waals surface area contributed by atoms with Crippen LogP contribution in [0.25, 0.3) is 10.2 Å². The highest BCUT2D eigenvalue weighted by Crippen LogP contribution is 2.26. The van der Waals surface area contributed by atoms with Crippen LogP contribution in [0.4, 0.5) is 0 Å². The van der Waals surface area contributed by atoms with E-state index in [0.717, 1.165) is 10.2 Å². The molecule has 0 unspecified atom stereocenters. The molecule has 2 aromatic rings. The van der Waals surface area contributed by atoms with Gasteiger partial charge in [0, 0.05) is 43.7 Å². The predicted molar refractivity (Wildman–Crippen MR) is 138 cm³/mol. The van der Waals surface area contributed by atoms with Crippen molar-refractivity contribution in [3.63, 3.8) is 0 Å². The molecule has 0 aliphatic carbocycles. The Hall–Kier alpha value is -3.00. The highest BCUT2D eigenvalue weighted by atomic mass is 35.5. The van der Waals surface area contributed by atoms with Crippen LogP contribution in [0.5, 0.6) is 0 Å². The molecule has 1 aromatic heterocycles. The third kappa shape index (κ3) is 7.75. The Morgan fingerprint density at radius 1 is 1.31 bits per heavy atom. The molecule has 0 saturated carbocycles. The first-order valence-electron chi connectivity index (χ1n) is 11.9. The van der Waals surface area contributed by atoms with Crippen LogP contribution in [0, 0.1) is 17.2 Å². The number of aromatic nitrogens is 1. The molecule has 3 rings (SSSR count). The molecule has 11 heteroatoms. The average Bonchev–Trinajstić information content (AvgIpc) is 3.27. The minimum atomic E-state index is -0.841. The maximum atomic E-state index is 13.5. The molecule has 36 heavy (non-hydrogen) atoms. The van der Waals surface area contributed by atoms with Crippen LogP contribution in [-0.2, 0) is 25.5 Å². The van der Waals surface area contributed by atoms with Crippen LogP contribution < -0.4 is 16.0 Å². The molecule has 1 saturated heterocycles. The Morgan fingerprint density at radius 3 is 2.75 bits per heavy atom. The lowest BCUT2D eigenvalue weighted by Crippen LogP contribution is -2.55. The van der Waals surface area contributed by atoms with Gasteiger partial charge in [-0.2, -0.15) is 5.26 Å². The van der Waals surface area contributed by atoms with Gasteiger partial charge in [0.05, 0.1) is 15.2 Å². The van der Waals surface area contributed by atoms with Crippen molar-refractivity contribution in [3.05, 3.63) is 40.4 Å². The minimum absolute atomic E-state index is 0.0648. The molecule has 9 nitrogen and oxygen atoms in total. The van der Waals surface area contributed by atoms with Crippen molar-refractivity contribution in [2.24, 2.45) is 5.92 Å². The molecule has 0 radical (unpaired) electrons. The van der Waals surface area contributed by atoms with Gasteiger partial charge in [0.2, 0.25) is 11.8 Å². The summed E-state index contributed by atoms with van der Waals surface area (Å²) in [5.41, 5.74) is 0.576. The van der Waals surface area contributed by atoms with Gasteiger partial charge in [-0.3, -0.25) is 14.4 Å². The number of hydrogen-bond donors (Lipinski definition) is 3.